The molecular formula is C27H28N2O4S. The highest BCUT2D eigenvalue weighted by Gasteiger charge is 2.46. The third-order valence-corrected chi connectivity index (χ3v) is 7.00. The summed E-state index contributed by atoms with van der Waals surface area (Å²) in [6, 6.07) is 15.0. The number of benzene rings is 2. The van der Waals surface area contributed by atoms with Gasteiger partial charge in [0.2, 0.25) is 5.91 Å². The van der Waals surface area contributed by atoms with Crippen LogP contribution in [0.4, 0.5) is 11.4 Å². The minimum atomic E-state index is -0.692. The van der Waals surface area contributed by atoms with Crippen molar-refractivity contribution in [3.05, 3.63) is 81.0 Å². The number of thiophene rings is 1. The number of hydrogen-bond donors (Lipinski definition) is 1. The predicted molar refractivity (Wildman–Crippen MR) is 134 cm³/mol. The largest absolute Gasteiger partial charge is 0.455 e. The average Bonchev–Trinajstić information content (AvgIpc) is 3.43. The highest BCUT2D eigenvalue weighted by Crippen LogP contribution is 2.43. The maximum atomic E-state index is 13.1. The van der Waals surface area contributed by atoms with Crippen LogP contribution in [0, 0.1) is 33.6 Å². The molecule has 0 spiro atoms. The molecule has 0 saturated carbocycles. The van der Waals surface area contributed by atoms with E-state index >= 15 is 0 Å². The molecule has 6 nitrogen and oxygen atoms in total. The van der Waals surface area contributed by atoms with Gasteiger partial charge in [-0.3, -0.25) is 14.4 Å². The smallest absolute Gasteiger partial charge is 0.312 e. The third-order valence-electron chi connectivity index (χ3n) is 6.06. The summed E-state index contributed by atoms with van der Waals surface area (Å²) in [4.78, 5) is 41.2. The molecule has 2 atom stereocenters. The fraction of sp³-hybridized carbons (Fsp3) is 0.296. The van der Waals surface area contributed by atoms with E-state index in [1.807, 2.05) is 81.6 Å². The number of amides is 2. The SMILES string of the molecule is Cc1ccc(N2C(=O)C[C@H](C(=O)OCC(=O)Nc3c(C)cc(C)cc3C)[C@H]2c2cccs2)cc1. The van der Waals surface area contributed by atoms with Gasteiger partial charge in [-0.05, 0) is 62.4 Å². The molecule has 3 aromatic rings. The summed E-state index contributed by atoms with van der Waals surface area (Å²) in [5, 5.41) is 4.77. The van der Waals surface area contributed by atoms with Crippen LogP contribution in [0.2, 0.25) is 0 Å². The summed E-state index contributed by atoms with van der Waals surface area (Å²) in [6.45, 7) is 7.43. The number of carbonyl (C=O) groups is 3. The van der Waals surface area contributed by atoms with Gasteiger partial charge in [0.05, 0.1) is 12.0 Å². The Morgan fingerprint density at radius 3 is 2.32 bits per heavy atom. The number of rotatable bonds is 6. The van der Waals surface area contributed by atoms with Crippen molar-refractivity contribution in [2.24, 2.45) is 5.92 Å². The molecule has 2 amide bonds. The maximum Gasteiger partial charge on any atom is 0.312 e. The van der Waals surface area contributed by atoms with Gasteiger partial charge in [0.1, 0.15) is 0 Å². The molecule has 7 heteroatoms. The van der Waals surface area contributed by atoms with Crippen molar-refractivity contribution in [2.75, 3.05) is 16.8 Å². The monoisotopic (exact) mass is 476 g/mol. The van der Waals surface area contributed by atoms with Crippen molar-refractivity contribution >= 4 is 40.5 Å². The van der Waals surface area contributed by atoms with Crippen LogP contribution in [0.25, 0.3) is 0 Å². The van der Waals surface area contributed by atoms with Gasteiger partial charge in [0, 0.05) is 22.7 Å². The summed E-state index contributed by atoms with van der Waals surface area (Å²) in [5.41, 5.74) is 5.57. The van der Waals surface area contributed by atoms with E-state index in [0.29, 0.717) is 0 Å². The predicted octanol–water partition coefficient (Wildman–Crippen LogP) is 5.26. The Balaban J connectivity index is 1.49. The topological polar surface area (TPSA) is 75.7 Å². The summed E-state index contributed by atoms with van der Waals surface area (Å²) in [6.07, 6.45) is 0.0348. The van der Waals surface area contributed by atoms with E-state index in [1.54, 1.807) is 4.90 Å². The number of esters is 1. The molecule has 0 radical (unpaired) electrons. The molecule has 1 saturated heterocycles. The number of anilines is 2. The van der Waals surface area contributed by atoms with Crippen molar-refractivity contribution in [3.63, 3.8) is 0 Å². The molecule has 0 aliphatic carbocycles. The number of aryl methyl sites for hydroxylation is 4. The van der Waals surface area contributed by atoms with Crippen LogP contribution in [0.3, 0.4) is 0 Å². The molecule has 2 aromatic carbocycles. The van der Waals surface area contributed by atoms with Crippen molar-refractivity contribution in [1.82, 2.24) is 0 Å². The second kappa shape index (κ2) is 9.81. The molecule has 4 rings (SSSR count). The van der Waals surface area contributed by atoms with E-state index in [4.69, 9.17) is 4.74 Å². The lowest BCUT2D eigenvalue weighted by atomic mass is 9.99. The molecule has 0 unspecified atom stereocenters. The van der Waals surface area contributed by atoms with Gasteiger partial charge in [0.25, 0.3) is 5.91 Å². The van der Waals surface area contributed by atoms with Crippen LogP contribution in [0.1, 0.15) is 39.6 Å². The second-order valence-electron chi connectivity index (χ2n) is 8.80. The van der Waals surface area contributed by atoms with E-state index in [2.05, 4.69) is 5.32 Å². The molecule has 1 aliphatic rings. The Bertz CT molecular complexity index is 1190. The van der Waals surface area contributed by atoms with Crippen LogP contribution in [0.5, 0.6) is 0 Å². The Morgan fingerprint density at radius 1 is 1.03 bits per heavy atom. The third kappa shape index (κ3) is 4.89. The summed E-state index contributed by atoms with van der Waals surface area (Å²) >= 11 is 1.49. The molecule has 0 bridgehead atoms. The molecule has 2 heterocycles. The highest BCUT2D eigenvalue weighted by atomic mass is 32.1. The number of nitrogens with one attached hydrogen (secondary N) is 1. The van der Waals surface area contributed by atoms with Gasteiger partial charge in [-0.15, -0.1) is 11.3 Å². The van der Waals surface area contributed by atoms with E-state index in [0.717, 1.165) is 38.5 Å². The van der Waals surface area contributed by atoms with E-state index in [-0.39, 0.29) is 12.3 Å². The van der Waals surface area contributed by atoms with Gasteiger partial charge < -0.3 is 15.0 Å². The average molecular weight is 477 g/mol. The van der Waals surface area contributed by atoms with Crippen LogP contribution in [0.15, 0.2) is 53.9 Å². The Labute approximate surface area is 203 Å². The summed E-state index contributed by atoms with van der Waals surface area (Å²) in [5.74, 6) is -1.78. The minimum absolute atomic E-state index is 0.0348. The molecule has 34 heavy (non-hydrogen) atoms. The standard InChI is InChI=1S/C27H28N2O4S/c1-16-7-9-20(10-8-16)29-24(31)14-21(26(29)22-6-5-11-34-22)27(32)33-15-23(30)28-25-18(3)12-17(2)13-19(25)4/h5-13,21,26H,14-15H2,1-4H3,(H,28,30)/t21-,26-/m0/s1. The van der Waals surface area contributed by atoms with Crippen LogP contribution in [-0.2, 0) is 19.1 Å². The Hall–Kier alpha value is -3.45. The van der Waals surface area contributed by atoms with Crippen LogP contribution < -0.4 is 10.2 Å². The quantitative estimate of drug-likeness (QED) is 0.493. The summed E-state index contributed by atoms with van der Waals surface area (Å²) < 4.78 is 5.42. The van der Waals surface area contributed by atoms with Gasteiger partial charge >= 0.3 is 5.97 Å². The van der Waals surface area contributed by atoms with Crippen molar-refractivity contribution in [1.29, 1.82) is 0 Å². The van der Waals surface area contributed by atoms with E-state index < -0.39 is 30.4 Å². The van der Waals surface area contributed by atoms with Gasteiger partial charge in [-0.1, -0.05) is 41.5 Å². The number of nitrogens with zero attached hydrogens (tertiary/aromatic N) is 1. The van der Waals surface area contributed by atoms with E-state index in [9.17, 15) is 14.4 Å². The lowest BCUT2D eigenvalue weighted by Gasteiger charge is -2.27. The van der Waals surface area contributed by atoms with Gasteiger partial charge in [-0.25, -0.2) is 0 Å². The normalized spacial score (nSPS) is 17.6. The van der Waals surface area contributed by atoms with Gasteiger partial charge in [-0.2, -0.15) is 0 Å². The first-order valence-electron chi connectivity index (χ1n) is 11.2. The Kier molecular flexibility index (Phi) is 6.84. The molecule has 176 valence electrons. The zero-order chi connectivity index (χ0) is 24.4. The first kappa shape index (κ1) is 23.7. The van der Waals surface area contributed by atoms with Gasteiger partial charge in [0.15, 0.2) is 6.61 Å². The Morgan fingerprint density at radius 2 is 1.71 bits per heavy atom. The number of ether oxygens (including phenoxy) is 1. The number of carbonyl (C=O) groups excluding carboxylic acids is 3. The van der Waals surface area contributed by atoms with E-state index in [1.165, 1.54) is 11.3 Å². The summed E-state index contributed by atoms with van der Waals surface area (Å²) in [7, 11) is 0. The fourth-order valence-corrected chi connectivity index (χ4v) is 5.42. The fourth-order valence-electron chi connectivity index (χ4n) is 4.54. The molecular weight excluding hydrogens is 448 g/mol. The molecule has 1 N–H and O–H groups in total. The molecule has 1 aliphatic heterocycles. The zero-order valence-corrected chi connectivity index (χ0v) is 20.6. The molecule has 1 aromatic heterocycles. The van der Waals surface area contributed by atoms with Crippen molar-refractivity contribution in [2.45, 2.75) is 40.2 Å². The lowest BCUT2D eigenvalue weighted by Crippen LogP contribution is -2.31. The van der Waals surface area contributed by atoms with Crippen LogP contribution >= 0.6 is 11.3 Å². The lowest BCUT2D eigenvalue weighted by molar-refractivity contribution is -0.152. The van der Waals surface area contributed by atoms with Crippen LogP contribution in [-0.4, -0.2) is 24.4 Å². The van der Waals surface area contributed by atoms with Crippen molar-refractivity contribution < 1.29 is 19.1 Å². The first-order valence-corrected chi connectivity index (χ1v) is 12.1. The number of hydrogen-bond acceptors (Lipinski definition) is 5. The highest BCUT2D eigenvalue weighted by molar-refractivity contribution is 7.10. The molecule has 1 fully saturated rings. The zero-order valence-electron chi connectivity index (χ0n) is 19.8. The van der Waals surface area contributed by atoms with Crippen molar-refractivity contribution in [3.8, 4) is 0 Å². The maximum absolute atomic E-state index is 13.1. The second-order valence-corrected chi connectivity index (χ2v) is 9.78. The minimum Gasteiger partial charge on any atom is -0.455 e. The first-order chi connectivity index (χ1) is 16.2.